The average molecular weight is 179 g/mol. The molecule has 0 bridgehead atoms. The van der Waals surface area contributed by atoms with Gasteiger partial charge in [0.2, 0.25) is 0 Å². The van der Waals surface area contributed by atoms with Crippen molar-refractivity contribution in [1.82, 2.24) is 0 Å². The van der Waals surface area contributed by atoms with E-state index >= 15 is 0 Å². The minimum absolute atomic E-state index is 0.472. The second kappa shape index (κ2) is 4.33. The third kappa shape index (κ3) is 3.36. The highest BCUT2D eigenvalue weighted by Crippen LogP contribution is 2.05. The molecule has 66 valence electrons. The summed E-state index contributed by atoms with van der Waals surface area (Å²) in [6.45, 7) is 3.38. The van der Waals surface area contributed by atoms with E-state index in [-0.39, 0.29) is 0 Å². The maximum Gasteiger partial charge on any atom is 0.312 e. The predicted molar refractivity (Wildman–Crippen MR) is 44.2 cm³/mol. The van der Waals surface area contributed by atoms with Crippen molar-refractivity contribution >= 4 is 16.5 Å². The van der Waals surface area contributed by atoms with Crippen LogP contribution >= 0.6 is 0 Å². The van der Waals surface area contributed by atoms with Crippen molar-refractivity contribution in [2.75, 3.05) is 7.05 Å². The quantitative estimate of drug-likeness (QED) is 0.364. The second-order valence-corrected chi connectivity index (χ2v) is 4.15. The molecule has 0 spiro atoms. The van der Waals surface area contributed by atoms with Crippen LogP contribution in [-0.2, 0) is 14.3 Å². The second-order valence-electron chi connectivity index (χ2n) is 2.17. The van der Waals surface area contributed by atoms with Crippen molar-refractivity contribution in [2.45, 2.75) is 25.5 Å². The smallest absolute Gasteiger partial charge is 0.312 e. The van der Waals surface area contributed by atoms with Crippen molar-refractivity contribution in [3.8, 4) is 0 Å². The largest absolute Gasteiger partial charge is 0.370 e. The van der Waals surface area contributed by atoms with Crippen LogP contribution in [0.2, 0.25) is 0 Å². The topological polar surface area (TPSA) is 55.7 Å². The maximum atomic E-state index is 11.0. The van der Waals surface area contributed by atoms with Crippen LogP contribution in [0.5, 0.6) is 0 Å². The van der Waals surface area contributed by atoms with Crippen LogP contribution in [0.15, 0.2) is 4.99 Å². The molecule has 0 N–H and O–H groups in total. The van der Waals surface area contributed by atoms with E-state index in [1.54, 1.807) is 13.8 Å². The number of hydrogen-bond donors (Lipinski definition) is 0. The van der Waals surface area contributed by atoms with Crippen molar-refractivity contribution in [2.24, 2.45) is 4.99 Å². The molecule has 1 unspecified atom stereocenters. The summed E-state index contributed by atoms with van der Waals surface area (Å²) < 4.78 is 26.4. The number of aliphatic imine (C=N–C) groups is 1. The van der Waals surface area contributed by atoms with E-state index in [0.29, 0.717) is 6.42 Å². The first-order chi connectivity index (χ1) is 5.04. The summed E-state index contributed by atoms with van der Waals surface area (Å²) in [5.41, 5.74) is 0. The zero-order valence-electron chi connectivity index (χ0n) is 6.94. The number of hydrogen-bond acceptors (Lipinski definition) is 4. The standard InChI is InChI=1S/C6H13NO3S/c1-4-6(2)11(8,9)10-5-7-3/h5-6H,4H2,1-3H3. The van der Waals surface area contributed by atoms with E-state index in [1.165, 1.54) is 7.05 Å². The molecule has 0 amide bonds. The Bertz CT molecular complexity index is 220. The Kier molecular flexibility index (Phi) is 4.10. The van der Waals surface area contributed by atoms with Gasteiger partial charge in [-0.05, 0) is 13.3 Å². The summed E-state index contributed by atoms with van der Waals surface area (Å²) in [5.74, 6) is 0. The lowest BCUT2D eigenvalue weighted by Crippen LogP contribution is -2.18. The molecule has 0 saturated heterocycles. The van der Waals surface area contributed by atoms with E-state index in [4.69, 9.17) is 0 Å². The van der Waals surface area contributed by atoms with Crippen LogP contribution in [0.4, 0.5) is 0 Å². The molecule has 0 aliphatic rings. The van der Waals surface area contributed by atoms with Crippen molar-refractivity contribution < 1.29 is 12.6 Å². The Balaban J connectivity index is 4.23. The lowest BCUT2D eigenvalue weighted by molar-refractivity contribution is 0.477. The Hall–Kier alpha value is -0.580. The normalized spacial score (nSPS) is 15.2. The summed E-state index contributed by atoms with van der Waals surface area (Å²) in [7, 11) is -1.97. The van der Waals surface area contributed by atoms with Gasteiger partial charge in [-0.1, -0.05) is 6.92 Å². The molecule has 0 saturated carbocycles. The molecule has 4 nitrogen and oxygen atoms in total. The predicted octanol–water partition coefficient (Wildman–Crippen LogP) is 0.789. The minimum Gasteiger partial charge on any atom is -0.370 e. The molecule has 1 atom stereocenters. The summed E-state index contributed by atoms with van der Waals surface area (Å²) in [4.78, 5) is 3.41. The molecule has 0 aliphatic heterocycles. The third-order valence-electron chi connectivity index (χ3n) is 1.35. The monoisotopic (exact) mass is 179 g/mol. The van der Waals surface area contributed by atoms with Crippen LogP contribution in [-0.4, -0.2) is 27.1 Å². The van der Waals surface area contributed by atoms with Gasteiger partial charge in [0.05, 0.1) is 5.25 Å². The van der Waals surface area contributed by atoms with Gasteiger partial charge in [0.25, 0.3) is 0 Å². The van der Waals surface area contributed by atoms with Crippen molar-refractivity contribution in [3.05, 3.63) is 0 Å². The molecule has 0 fully saturated rings. The molecule has 5 heteroatoms. The highest BCUT2D eigenvalue weighted by atomic mass is 32.2. The van der Waals surface area contributed by atoms with Gasteiger partial charge in [-0.15, -0.1) is 0 Å². The van der Waals surface area contributed by atoms with Crippen LogP contribution in [0, 0.1) is 0 Å². The van der Waals surface area contributed by atoms with Gasteiger partial charge in [-0.25, -0.2) is 0 Å². The Morgan fingerprint density at radius 1 is 1.64 bits per heavy atom. The van der Waals surface area contributed by atoms with E-state index < -0.39 is 15.4 Å². The Morgan fingerprint density at radius 3 is 2.55 bits per heavy atom. The molecule has 0 radical (unpaired) electrons. The number of nitrogens with zero attached hydrogens (tertiary/aromatic N) is 1. The first-order valence-electron chi connectivity index (χ1n) is 3.37. The molecular weight excluding hydrogens is 166 g/mol. The van der Waals surface area contributed by atoms with Crippen LogP contribution < -0.4 is 0 Å². The lowest BCUT2D eigenvalue weighted by Gasteiger charge is -2.06. The summed E-state index contributed by atoms with van der Waals surface area (Å²) in [5, 5.41) is -0.472. The van der Waals surface area contributed by atoms with Crippen LogP contribution in [0.25, 0.3) is 0 Å². The Labute approximate surface area is 67.4 Å². The zero-order chi connectivity index (χ0) is 8.91. The fourth-order valence-corrected chi connectivity index (χ4v) is 1.21. The highest BCUT2D eigenvalue weighted by molar-refractivity contribution is 7.87. The van der Waals surface area contributed by atoms with E-state index in [1.807, 2.05) is 0 Å². The van der Waals surface area contributed by atoms with E-state index in [9.17, 15) is 8.42 Å². The fourth-order valence-electron chi connectivity index (χ4n) is 0.402. The molecule has 11 heavy (non-hydrogen) atoms. The van der Waals surface area contributed by atoms with Gasteiger partial charge in [0.15, 0.2) is 6.40 Å². The number of rotatable bonds is 4. The molecular formula is C6H13NO3S. The molecule has 0 heterocycles. The van der Waals surface area contributed by atoms with Crippen molar-refractivity contribution in [3.63, 3.8) is 0 Å². The lowest BCUT2D eigenvalue weighted by atomic mass is 10.4. The Morgan fingerprint density at radius 2 is 2.18 bits per heavy atom. The van der Waals surface area contributed by atoms with Gasteiger partial charge in [0.1, 0.15) is 0 Å². The highest BCUT2D eigenvalue weighted by Gasteiger charge is 2.18. The van der Waals surface area contributed by atoms with Crippen LogP contribution in [0.3, 0.4) is 0 Å². The molecule has 0 rings (SSSR count). The summed E-state index contributed by atoms with van der Waals surface area (Å²) in [6, 6.07) is 0. The molecule has 0 aliphatic carbocycles. The van der Waals surface area contributed by atoms with E-state index in [2.05, 4.69) is 9.18 Å². The van der Waals surface area contributed by atoms with Gasteiger partial charge >= 0.3 is 10.1 Å². The SMILES string of the molecule is CCC(C)S(=O)(=O)OC=NC. The first-order valence-corrected chi connectivity index (χ1v) is 4.84. The maximum absolute atomic E-state index is 11.0. The minimum atomic E-state index is -3.42. The summed E-state index contributed by atoms with van der Waals surface area (Å²) >= 11 is 0. The van der Waals surface area contributed by atoms with Crippen molar-refractivity contribution in [1.29, 1.82) is 0 Å². The summed E-state index contributed by atoms with van der Waals surface area (Å²) in [6.07, 6.45) is 1.47. The van der Waals surface area contributed by atoms with Gasteiger partial charge in [-0.2, -0.15) is 8.42 Å². The zero-order valence-corrected chi connectivity index (χ0v) is 7.76. The van der Waals surface area contributed by atoms with Gasteiger partial charge in [-0.3, -0.25) is 4.99 Å². The van der Waals surface area contributed by atoms with Gasteiger partial charge in [0, 0.05) is 7.05 Å². The molecule has 0 aromatic carbocycles. The average Bonchev–Trinajstić information content (AvgIpc) is 1.99. The van der Waals surface area contributed by atoms with Gasteiger partial charge < -0.3 is 4.18 Å². The van der Waals surface area contributed by atoms with Crippen LogP contribution in [0.1, 0.15) is 20.3 Å². The fraction of sp³-hybridized carbons (Fsp3) is 0.833. The first kappa shape index (κ1) is 10.4. The molecule has 0 aromatic rings. The molecule has 0 aromatic heterocycles. The third-order valence-corrected chi connectivity index (χ3v) is 3.02. The van der Waals surface area contributed by atoms with E-state index in [0.717, 1.165) is 6.40 Å².